The second kappa shape index (κ2) is 12.0. The molecule has 0 spiro atoms. The van der Waals surface area contributed by atoms with E-state index in [1.807, 2.05) is 6.07 Å². The summed E-state index contributed by atoms with van der Waals surface area (Å²) in [6.45, 7) is 7.09. The van der Waals surface area contributed by atoms with Gasteiger partial charge in [-0.15, -0.1) is 0 Å². The number of para-hydroxylation sites is 1. The van der Waals surface area contributed by atoms with E-state index < -0.39 is 0 Å². The van der Waals surface area contributed by atoms with Crippen LogP contribution in [0.25, 0.3) is 65.4 Å². The van der Waals surface area contributed by atoms with E-state index in [-0.39, 0.29) is 5.41 Å². The average Bonchev–Trinajstić information content (AvgIpc) is 3.63. The molecule has 50 heavy (non-hydrogen) atoms. The number of rotatable bonds is 3. The first-order chi connectivity index (χ1) is 24.5. The van der Waals surface area contributed by atoms with Crippen LogP contribution < -0.4 is 0 Å². The molecule has 1 nitrogen and oxygen atoms in total. The van der Waals surface area contributed by atoms with Gasteiger partial charge in [0, 0.05) is 16.2 Å². The average molecular weight is 645 g/mol. The second-order valence-corrected chi connectivity index (χ2v) is 14.4. The maximum Gasteiger partial charge on any atom is 0.136 e. The molecule has 2 aliphatic carbocycles. The summed E-state index contributed by atoms with van der Waals surface area (Å²) in [4.78, 5) is 0. The Bertz CT molecular complexity index is 2640. The van der Waals surface area contributed by atoms with E-state index in [1.165, 1.54) is 82.1 Å². The van der Waals surface area contributed by atoms with E-state index in [4.69, 9.17) is 4.42 Å². The van der Waals surface area contributed by atoms with Crippen LogP contribution in [-0.2, 0) is 11.8 Å². The molecule has 0 saturated heterocycles. The molecule has 1 aromatic heterocycles. The largest absolute Gasteiger partial charge is 0.456 e. The van der Waals surface area contributed by atoms with Gasteiger partial charge in [0.1, 0.15) is 11.2 Å². The summed E-state index contributed by atoms with van der Waals surface area (Å²) in [5, 5.41) is 10.2. The van der Waals surface area contributed by atoms with Crippen LogP contribution in [0.4, 0.5) is 0 Å². The van der Waals surface area contributed by atoms with Gasteiger partial charge in [-0.25, -0.2) is 0 Å². The van der Waals surface area contributed by atoms with Crippen LogP contribution in [0.2, 0.25) is 0 Å². The molecular formula is C49H40O. The fraction of sp³-hybridized carbons (Fsp3) is 0.143. The van der Waals surface area contributed by atoms with Crippen molar-refractivity contribution in [1.29, 1.82) is 0 Å². The summed E-state index contributed by atoms with van der Waals surface area (Å²) in [6.07, 6.45) is 23.2. The molecule has 1 heteroatoms. The van der Waals surface area contributed by atoms with Gasteiger partial charge < -0.3 is 4.42 Å². The molecule has 0 aliphatic heterocycles. The zero-order valence-corrected chi connectivity index (χ0v) is 29.0. The molecule has 0 amide bonds. The minimum absolute atomic E-state index is 0.106. The summed E-state index contributed by atoms with van der Waals surface area (Å²) in [7, 11) is 0. The van der Waals surface area contributed by atoms with Gasteiger partial charge in [-0.05, 0) is 110 Å². The molecule has 0 radical (unpaired) electrons. The first-order valence-electron chi connectivity index (χ1n) is 17.9. The topological polar surface area (TPSA) is 13.1 Å². The first-order valence-corrected chi connectivity index (χ1v) is 17.9. The summed E-state index contributed by atoms with van der Waals surface area (Å²) in [5.41, 5.74) is 11.4. The van der Waals surface area contributed by atoms with Gasteiger partial charge in [0.05, 0.1) is 0 Å². The summed E-state index contributed by atoms with van der Waals surface area (Å²) in [6, 6.07) is 35.6. The van der Waals surface area contributed by atoms with Crippen LogP contribution in [0.3, 0.4) is 0 Å². The molecule has 9 rings (SSSR count). The van der Waals surface area contributed by atoms with E-state index in [0.717, 1.165) is 30.4 Å². The second-order valence-electron chi connectivity index (χ2n) is 14.4. The zero-order chi connectivity index (χ0) is 33.8. The van der Waals surface area contributed by atoms with Crippen molar-refractivity contribution < 1.29 is 4.42 Å². The maximum atomic E-state index is 6.25. The molecule has 0 N–H and O–H groups in total. The predicted octanol–water partition coefficient (Wildman–Crippen LogP) is 13.8. The van der Waals surface area contributed by atoms with Gasteiger partial charge in [-0.3, -0.25) is 0 Å². The molecule has 0 unspecified atom stereocenters. The van der Waals surface area contributed by atoms with Crippen LogP contribution in [0.15, 0.2) is 162 Å². The molecule has 0 saturated carbocycles. The SMILES string of the molecule is C/C(=C\C=C1/Cc2ccc3cc4oc5ccccc5c4cc3c2C1(C)C)c1c2ccccc2c(C2=C/C=C\C/C=C\C=C/C2)c2ccccc12. The fourth-order valence-electron chi connectivity index (χ4n) is 8.56. The Morgan fingerprint density at radius 2 is 1.34 bits per heavy atom. The van der Waals surface area contributed by atoms with Gasteiger partial charge in [0.15, 0.2) is 0 Å². The lowest BCUT2D eigenvalue weighted by molar-refractivity contribution is 0.649. The van der Waals surface area contributed by atoms with E-state index in [1.54, 1.807) is 0 Å². The Hall–Kier alpha value is -5.66. The summed E-state index contributed by atoms with van der Waals surface area (Å²) >= 11 is 0. The van der Waals surface area contributed by atoms with Crippen molar-refractivity contribution in [3.05, 3.63) is 180 Å². The number of furan rings is 1. The Morgan fingerprint density at radius 1 is 0.660 bits per heavy atom. The first kappa shape index (κ1) is 30.4. The third-order valence-electron chi connectivity index (χ3n) is 11.0. The van der Waals surface area contributed by atoms with Crippen LogP contribution in [0.1, 0.15) is 55.9 Å². The number of fused-ring (bicyclic) bond motifs is 8. The number of hydrogen-bond acceptors (Lipinski definition) is 1. The molecule has 6 aromatic carbocycles. The zero-order valence-electron chi connectivity index (χ0n) is 29.0. The minimum Gasteiger partial charge on any atom is -0.456 e. The van der Waals surface area contributed by atoms with Crippen LogP contribution >= 0.6 is 0 Å². The normalized spacial score (nSPS) is 19.0. The highest BCUT2D eigenvalue weighted by Gasteiger charge is 2.36. The maximum absolute atomic E-state index is 6.25. The Labute approximate surface area is 293 Å². The smallest absolute Gasteiger partial charge is 0.136 e. The highest BCUT2D eigenvalue weighted by molar-refractivity contribution is 6.16. The van der Waals surface area contributed by atoms with E-state index in [9.17, 15) is 0 Å². The highest BCUT2D eigenvalue weighted by Crippen LogP contribution is 2.48. The lowest BCUT2D eigenvalue weighted by Crippen LogP contribution is -2.15. The molecule has 0 bridgehead atoms. The summed E-state index contributed by atoms with van der Waals surface area (Å²) in [5.74, 6) is 0. The molecule has 0 fully saturated rings. The van der Waals surface area contributed by atoms with Crippen molar-refractivity contribution in [3.63, 3.8) is 0 Å². The lowest BCUT2D eigenvalue weighted by Gasteiger charge is -2.24. The Balaban J connectivity index is 1.17. The van der Waals surface area contributed by atoms with Crippen molar-refractivity contribution in [2.24, 2.45) is 0 Å². The van der Waals surface area contributed by atoms with Crippen molar-refractivity contribution in [3.8, 4) is 0 Å². The quantitative estimate of drug-likeness (QED) is 0.174. The third kappa shape index (κ3) is 4.91. The van der Waals surface area contributed by atoms with Crippen molar-refractivity contribution in [2.75, 3.05) is 0 Å². The molecule has 0 atom stereocenters. The lowest BCUT2D eigenvalue weighted by atomic mass is 9.80. The summed E-state index contributed by atoms with van der Waals surface area (Å²) < 4.78 is 6.25. The van der Waals surface area contributed by atoms with E-state index >= 15 is 0 Å². The molecule has 2 aliphatic rings. The predicted molar refractivity (Wildman–Crippen MR) is 216 cm³/mol. The van der Waals surface area contributed by atoms with Gasteiger partial charge in [0.25, 0.3) is 0 Å². The fourth-order valence-corrected chi connectivity index (χ4v) is 8.56. The van der Waals surface area contributed by atoms with Crippen LogP contribution in [0.5, 0.6) is 0 Å². The van der Waals surface area contributed by atoms with Crippen LogP contribution in [0, 0.1) is 0 Å². The van der Waals surface area contributed by atoms with Gasteiger partial charge in [-0.2, -0.15) is 0 Å². The number of hydrogen-bond donors (Lipinski definition) is 0. The van der Waals surface area contributed by atoms with E-state index in [0.29, 0.717) is 0 Å². The van der Waals surface area contributed by atoms with Gasteiger partial charge >= 0.3 is 0 Å². The monoisotopic (exact) mass is 644 g/mol. The Kier molecular flexibility index (Phi) is 7.32. The number of allylic oxidation sites excluding steroid dienone is 12. The van der Waals surface area contributed by atoms with Gasteiger partial charge in [-0.1, -0.05) is 153 Å². The molecule has 1 heterocycles. The van der Waals surface area contributed by atoms with E-state index in [2.05, 4.69) is 166 Å². The van der Waals surface area contributed by atoms with Crippen LogP contribution in [-0.4, -0.2) is 0 Å². The minimum atomic E-state index is -0.106. The van der Waals surface area contributed by atoms with Crippen molar-refractivity contribution in [2.45, 2.75) is 45.4 Å². The van der Waals surface area contributed by atoms with Crippen molar-refractivity contribution in [1.82, 2.24) is 0 Å². The molecule has 242 valence electrons. The molecule has 7 aromatic rings. The third-order valence-corrected chi connectivity index (χ3v) is 11.0. The van der Waals surface area contributed by atoms with Crippen molar-refractivity contribution >= 4 is 65.4 Å². The Morgan fingerprint density at radius 3 is 2.12 bits per heavy atom. The standard InChI is InChI=1S/C49H40O/c1-32(46-38-20-11-13-22-40(38)47(41-23-14-12-21-39(41)46)33-17-9-7-5-4-6-8-10-18-33)25-28-36-29-35-27-26-34-30-45-43(31-42(34)48(35)49(36,2)3)37-19-15-16-24-44(37)50-45/h4-5,7-16,18-28,30-31H,6,17,29H2,1-3H3/b5-4-,9-7-,10-8-,32-25+,33-18?,36-28+. The molecular weight excluding hydrogens is 605 g/mol. The number of benzene rings is 6. The van der Waals surface area contributed by atoms with Gasteiger partial charge in [0.2, 0.25) is 0 Å². The highest BCUT2D eigenvalue weighted by atomic mass is 16.3.